The van der Waals surface area contributed by atoms with Gasteiger partial charge in [0, 0.05) is 11.1 Å². The molecule has 3 aromatic carbocycles. The first-order valence-corrected chi connectivity index (χ1v) is 12.4. The minimum atomic E-state index is 0.478. The normalized spacial score (nSPS) is 11.1. The van der Waals surface area contributed by atoms with Gasteiger partial charge in [-0.25, -0.2) is 0 Å². The molecule has 0 unspecified atom stereocenters. The van der Waals surface area contributed by atoms with Crippen LogP contribution < -0.4 is 4.74 Å². The first-order valence-electron chi connectivity index (χ1n) is 11.4. The third-order valence-corrected chi connectivity index (χ3v) is 6.42. The molecular weight excluding hydrogens is 458 g/mol. The predicted octanol–water partition coefficient (Wildman–Crippen LogP) is 6.29. The van der Waals surface area contributed by atoms with Gasteiger partial charge in [0.2, 0.25) is 11.8 Å². The molecule has 35 heavy (non-hydrogen) atoms. The Hall–Kier alpha value is -3.91. The van der Waals surface area contributed by atoms with E-state index in [1.54, 1.807) is 0 Å². The third-order valence-electron chi connectivity index (χ3n) is 5.50. The molecule has 0 N–H and O–H groups in total. The van der Waals surface area contributed by atoms with Crippen LogP contribution in [0.1, 0.15) is 23.9 Å². The lowest BCUT2D eigenvalue weighted by molar-refractivity contribution is 0.340. The molecule has 0 atom stereocenters. The van der Waals surface area contributed by atoms with Crippen molar-refractivity contribution in [2.45, 2.75) is 31.7 Å². The van der Waals surface area contributed by atoms with E-state index in [9.17, 15) is 0 Å². The molecule has 0 bridgehead atoms. The van der Waals surface area contributed by atoms with E-state index in [-0.39, 0.29) is 0 Å². The zero-order valence-corrected chi connectivity index (χ0v) is 20.6. The van der Waals surface area contributed by atoms with Gasteiger partial charge in [0.15, 0.2) is 11.0 Å². The fraction of sp³-hybridized carbons (Fsp3) is 0.185. The van der Waals surface area contributed by atoms with Gasteiger partial charge in [-0.05, 0) is 68.8 Å². The first-order chi connectivity index (χ1) is 17.1. The highest BCUT2D eigenvalue weighted by Crippen LogP contribution is 2.32. The second-order valence-electron chi connectivity index (χ2n) is 8.04. The van der Waals surface area contributed by atoms with E-state index in [1.165, 1.54) is 17.3 Å². The summed E-state index contributed by atoms with van der Waals surface area (Å²) in [6.07, 6.45) is 0. The van der Waals surface area contributed by atoms with E-state index < -0.39 is 0 Å². The number of aromatic nitrogens is 5. The zero-order valence-electron chi connectivity index (χ0n) is 19.8. The van der Waals surface area contributed by atoms with Gasteiger partial charge in [0.25, 0.3) is 0 Å². The maximum absolute atomic E-state index is 5.91. The van der Waals surface area contributed by atoms with Gasteiger partial charge in [0.05, 0.1) is 18.0 Å². The number of nitrogens with zero attached hydrogens (tertiary/aromatic N) is 5. The highest BCUT2D eigenvalue weighted by molar-refractivity contribution is 7.98. The number of hydrogen-bond donors (Lipinski definition) is 0. The zero-order chi connectivity index (χ0) is 24.2. The van der Waals surface area contributed by atoms with Gasteiger partial charge >= 0.3 is 0 Å². The minimum absolute atomic E-state index is 0.478. The fourth-order valence-corrected chi connectivity index (χ4v) is 4.48. The molecule has 0 spiro atoms. The van der Waals surface area contributed by atoms with Crippen LogP contribution in [0, 0.1) is 13.8 Å². The average Bonchev–Trinajstić information content (AvgIpc) is 3.52. The van der Waals surface area contributed by atoms with Crippen molar-refractivity contribution in [2.75, 3.05) is 6.61 Å². The number of benzene rings is 3. The summed E-state index contributed by atoms with van der Waals surface area (Å²) >= 11 is 1.51. The van der Waals surface area contributed by atoms with E-state index in [0.717, 1.165) is 39.1 Å². The van der Waals surface area contributed by atoms with Crippen molar-refractivity contribution in [2.24, 2.45) is 0 Å². The topological polar surface area (TPSA) is 78.9 Å². The highest BCUT2D eigenvalue weighted by atomic mass is 32.2. The first kappa shape index (κ1) is 22.9. The number of rotatable bonds is 8. The lowest BCUT2D eigenvalue weighted by Crippen LogP contribution is -2.02. The molecule has 0 amide bonds. The summed E-state index contributed by atoms with van der Waals surface area (Å²) in [6.45, 7) is 6.73. The summed E-state index contributed by atoms with van der Waals surface area (Å²) in [5, 5.41) is 18.2. The van der Waals surface area contributed by atoms with Crippen LogP contribution in [0.2, 0.25) is 0 Å². The van der Waals surface area contributed by atoms with Crippen LogP contribution in [0.4, 0.5) is 0 Å². The molecular formula is C27H25N5O2S. The lowest BCUT2D eigenvalue weighted by atomic mass is 10.1. The summed E-state index contributed by atoms with van der Waals surface area (Å²) in [6, 6.07) is 24.1. The second kappa shape index (κ2) is 10.1. The summed E-state index contributed by atoms with van der Waals surface area (Å²) in [5.74, 6) is 3.11. The van der Waals surface area contributed by atoms with E-state index >= 15 is 0 Å². The summed E-state index contributed by atoms with van der Waals surface area (Å²) in [4.78, 5) is 0. The number of aryl methyl sites for hydroxylation is 2. The molecule has 176 valence electrons. The molecule has 0 aliphatic carbocycles. The summed E-state index contributed by atoms with van der Waals surface area (Å²) in [5.41, 5.74) is 5.19. The van der Waals surface area contributed by atoms with Gasteiger partial charge in [-0.2, -0.15) is 0 Å². The smallest absolute Gasteiger partial charge is 0.247 e. The van der Waals surface area contributed by atoms with Crippen molar-refractivity contribution in [3.05, 3.63) is 89.8 Å². The lowest BCUT2D eigenvalue weighted by Gasteiger charge is -2.13. The van der Waals surface area contributed by atoms with Gasteiger partial charge in [0.1, 0.15) is 5.75 Å². The fourth-order valence-electron chi connectivity index (χ4n) is 3.70. The molecule has 5 aromatic rings. The van der Waals surface area contributed by atoms with Crippen LogP contribution in [0.5, 0.6) is 5.75 Å². The quantitative estimate of drug-likeness (QED) is 0.240. The van der Waals surface area contributed by atoms with Crippen molar-refractivity contribution < 1.29 is 9.15 Å². The Balaban J connectivity index is 1.44. The van der Waals surface area contributed by atoms with Gasteiger partial charge < -0.3 is 9.15 Å². The molecule has 0 aliphatic rings. The van der Waals surface area contributed by atoms with E-state index in [1.807, 2.05) is 74.5 Å². The molecule has 8 heteroatoms. The monoisotopic (exact) mass is 483 g/mol. The number of ether oxygens (including phenoxy) is 1. The van der Waals surface area contributed by atoms with Crippen LogP contribution in [0.15, 0.2) is 82.4 Å². The van der Waals surface area contributed by atoms with Crippen molar-refractivity contribution in [3.63, 3.8) is 0 Å². The molecule has 2 aromatic heterocycles. The number of hydrogen-bond acceptors (Lipinski definition) is 7. The van der Waals surface area contributed by atoms with Gasteiger partial charge in [-0.1, -0.05) is 47.7 Å². The molecule has 0 saturated carbocycles. The van der Waals surface area contributed by atoms with E-state index in [0.29, 0.717) is 24.1 Å². The molecule has 0 fully saturated rings. The molecule has 0 saturated heterocycles. The summed E-state index contributed by atoms with van der Waals surface area (Å²) in [7, 11) is 0. The predicted molar refractivity (Wildman–Crippen MR) is 137 cm³/mol. The van der Waals surface area contributed by atoms with Crippen LogP contribution in [-0.4, -0.2) is 31.6 Å². The maximum Gasteiger partial charge on any atom is 0.247 e. The molecule has 2 heterocycles. The molecule has 7 nitrogen and oxygen atoms in total. The largest absolute Gasteiger partial charge is 0.494 e. The van der Waals surface area contributed by atoms with Crippen LogP contribution in [-0.2, 0) is 5.75 Å². The van der Waals surface area contributed by atoms with Crippen molar-refractivity contribution >= 4 is 11.8 Å². The van der Waals surface area contributed by atoms with Crippen LogP contribution in [0.3, 0.4) is 0 Å². The Morgan fingerprint density at radius 3 is 2.31 bits per heavy atom. The number of thioether (sulfide) groups is 1. The van der Waals surface area contributed by atoms with E-state index in [4.69, 9.17) is 9.15 Å². The third kappa shape index (κ3) is 4.97. The average molecular weight is 484 g/mol. The van der Waals surface area contributed by atoms with Crippen LogP contribution >= 0.6 is 11.8 Å². The summed E-state index contributed by atoms with van der Waals surface area (Å²) < 4.78 is 13.6. The second-order valence-corrected chi connectivity index (χ2v) is 8.98. The van der Waals surface area contributed by atoms with Crippen molar-refractivity contribution in [1.29, 1.82) is 0 Å². The van der Waals surface area contributed by atoms with Crippen molar-refractivity contribution in [3.8, 4) is 34.3 Å². The number of para-hydroxylation sites is 1. The minimum Gasteiger partial charge on any atom is -0.494 e. The Labute approximate surface area is 208 Å². The molecule has 5 rings (SSSR count). The Morgan fingerprint density at radius 2 is 1.57 bits per heavy atom. The maximum atomic E-state index is 5.91. The standard InChI is InChI=1S/C27H25N5O2S/c1-4-33-22-15-13-20(14-16-22)25-29-31-27(32(25)23-8-6-5-7-19(23)3)35-17-24-28-30-26(34-24)21-11-9-18(2)10-12-21/h5-16H,4,17H2,1-3H3. The molecule has 0 radical (unpaired) electrons. The van der Waals surface area contributed by atoms with Crippen LogP contribution in [0.25, 0.3) is 28.5 Å². The SMILES string of the molecule is CCOc1ccc(-c2nnc(SCc3nnc(-c4ccc(C)cc4)o3)n2-c2ccccc2C)cc1. The molecule has 0 aliphatic heterocycles. The van der Waals surface area contributed by atoms with E-state index in [2.05, 4.69) is 44.0 Å². The van der Waals surface area contributed by atoms with Gasteiger partial charge in [-0.3, -0.25) is 4.57 Å². The Bertz CT molecular complexity index is 1430. The highest BCUT2D eigenvalue weighted by Gasteiger charge is 2.19. The Morgan fingerprint density at radius 1 is 0.829 bits per heavy atom. The van der Waals surface area contributed by atoms with Gasteiger partial charge in [-0.15, -0.1) is 20.4 Å². The Kier molecular flexibility index (Phi) is 6.63. The van der Waals surface area contributed by atoms with Crippen molar-refractivity contribution in [1.82, 2.24) is 25.0 Å².